The first kappa shape index (κ1) is 14.9. The summed E-state index contributed by atoms with van der Waals surface area (Å²) in [5, 5.41) is 0. The van der Waals surface area contributed by atoms with E-state index in [0.717, 1.165) is 18.5 Å². The molecule has 2 fully saturated rings. The molecule has 0 N–H and O–H groups in total. The van der Waals surface area contributed by atoms with Crippen molar-refractivity contribution in [3.63, 3.8) is 0 Å². The van der Waals surface area contributed by atoms with Crippen molar-refractivity contribution in [3.8, 4) is 0 Å². The minimum Gasteiger partial charge on any atom is -0.466 e. The summed E-state index contributed by atoms with van der Waals surface area (Å²) in [6, 6.07) is 9.55. The van der Waals surface area contributed by atoms with Crippen molar-refractivity contribution < 1.29 is 19.1 Å². The predicted octanol–water partition coefficient (Wildman–Crippen LogP) is 3.14. The van der Waals surface area contributed by atoms with Crippen LogP contribution in [-0.4, -0.2) is 30.8 Å². The molecule has 3 rings (SSSR count). The van der Waals surface area contributed by atoms with Gasteiger partial charge in [-0.3, -0.25) is 9.69 Å². The van der Waals surface area contributed by atoms with Crippen molar-refractivity contribution in [1.82, 2.24) is 0 Å². The molecule has 1 spiro atoms. The molecule has 0 atom stereocenters. The summed E-state index contributed by atoms with van der Waals surface area (Å²) in [5.41, 5.74) is 0.410. The first-order valence-electron chi connectivity index (χ1n) is 7.86. The van der Waals surface area contributed by atoms with Crippen molar-refractivity contribution in [3.05, 3.63) is 30.3 Å². The largest absolute Gasteiger partial charge is 0.466 e. The number of para-hydroxylation sites is 1. The highest BCUT2D eigenvalue weighted by molar-refractivity contribution is 5.90. The van der Waals surface area contributed by atoms with E-state index in [1.54, 1.807) is 4.90 Å². The summed E-state index contributed by atoms with van der Waals surface area (Å²) >= 11 is 0. The van der Waals surface area contributed by atoms with Crippen LogP contribution in [0.25, 0.3) is 0 Å². The summed E-state index contributed by atoms with van der Waals surface area (Å²) in [6.45, 7) is 2.79. The molecule has 0 radical (unpaired) electrons. The van der Waals surface area contributed by atoms with Crippen molar-refractivity contribution in [2.45, 2.75) is 38.2 Å². The van der Waals surface area contributed by atoms with Gasteiger partial charge in [-0.05, 0) is 44.7 Å². The van der Waals surface area contributed by atoms with E-state index in [9.17, 15) is 9.59 Å². The standard InChI is InChI=1S/C17H21NO4/c1-2-21-15(19)13-8-10-17(11-9-13)12-18(16(20)22-17)14-6-4-3-5-7-14/h3-7,13H,2,8-12H2,1H3/t13-,17+. The summed E-state index contributed by atoms with van der Waals surface area (Å²) in [6.07, 6.45) is 2.57. The van der Waals surface area contributed by atoms with Gasteiger partial charge in [0.05, 0.1) is 19.1 Å². The van der Waals surface area contributed by atoms with Crippen molar-refractivity contribution in [2.24, 2.45) is 5.92 Å². The number of ether oxygens (including phenoxy) is 2. The van der Waals surface area contributed by atoms with Crippen LogP contribution in [0.2, 0.25) is 0 Å². The van der Waals surface area contributed by atoms with E-state index in [1.165, 1.54) is 0 Å². The lowest BCUT2D eigenvalue weighted by Crippen LogP contribution is -2.40. The molecule has 1 aliphatic heterocycles. The summed E-state index contributed by atoms with van der Waals surface area (Å²) in [4.78, 5) is 25.7. The average molecular weight is 303 g/mol. The topological polar surface area (TPSA) is 55.8 Å². The zero-order valence-electron chi connectivity index (χ0n) is 12.8. The highest BCUT2D eigenvalue weighted by Gasteiger charge is 2.48. The van der Waals surface area contributed by atoms with Crippen LogP contribution in [0.5, 0.6) is 0 Å². The summed E-state index contributed by atoms with van der Waals surface area (Å²) in [5.74, 6) is -0.184. The Bertz CT molecular complexity index is 549. The van der Waals surface area contributed by atoms with Gasteiger partial charge in [-0.25, -0.2) is 4.79 Å². The van der Waals surface area contributed by atoms with Gasteiger partial charge in [-0.2, -0.15) is 0 Å². The molecule has 2 aliphatic rings. The third-order valence-electron chi connectivity index (χ3n) is 4.56. The second-order valence-electron chi connectivity index (χ2n) is 6.00. The first-order chi connectivity index (χ1) is 10.6. The van der Waals surface area contributed by atoms with E-state index in [1.807, 2.05) is 37.3 Å². The Morgan fingerprint density at radius 2 is 2.00 bits per heavy atom. The van der Waals surface area contributed by atoms with Crippen LogP contribution in [0.1, 0.15) is 32.6 Å². The van der Waals surface area contributed by atoms with Crippen molar-refractivity contribution >= 4 is 17.7 Å². The van der Waals surface area contributed by atoms with Crippen LogP contribution in [0.3, 0.4) is 0 Å². The maximum Gasteiger partial charge on any atom is 0.415 e. The molecule has 0 bridgehead atoms. The third-order valence-corrected chi connectivity index (χ3v) is 4.56. The Labute approximate surface area is 130 Å². The fourth-order valence-electron chi connectivity index (χ4n) is 3.33. The average Bonchev–Trinajstić information content (AvgIpc) is 2.85. The van der Waals surface area contributed by atoms with E-state index in [-0.39, 0.29) is 18.0 Å². The fourth-order valence-corrected chi connectivity index (χ4v) is 3.33. The van der Waals surface area contributed by atoms with Crippen LogP contribution in [-0.2, 0) is 14.3 Å². The highest BCUT2D eigenvalue weighted by Crippen LogP contribution is 2.41. The fraction of sp³-hybridized carbons (Fsp3) is 0.529. The van der Waals surface area contributed by atoms with E-state index < -0.39 is 5.60 Å². The Morgan fingerprint density at radius 1 is 1.32 bits per heavy atom. The van der Waals surface area contributed by atoms with Gasteiger partial charge in [-0.1, -0.05) is 18.2 Å². The number of carbonyl (C=O) groups is 2. The molecule has 0 unspecified atom stereocenters. The number of nitrogens with zero attached hydrogens (tertiary/aromatic N) is 1. The first-order valence-corrected chi connectivity index (χ1v) is 7.86. The highest BCUT2D eigenvalue weighted by atomic mass is 16.6. The van der Waals surface area contributed by atoms with Crippen molar-refractivity contribution in [1.29, 1.82) is 0 Å². The molecule has 5 nitrogen and oxygen atoms in total. The van der Waals surface area contributed by atoms with Crippen LogP contribution in [0.15, 0.2) is 30.3 Å². The van der Waals surface area contributed by atoms with Gasteiger partial charge in [0, 0.05) is 5.69 Å². The lowest BCUT2D eigenvalue weighted by Gasteiger charge is -2.34. The second-order valence-corrected chi connectivity index (χ2v) is 6.00. The normalized spacial score (nSPS) is 27.8. The molecular weight excluding hydrogens is 282 g/mol. The number of anilines is 1. The number of hydrogen-bond acceptors (Lipinski definition) is 4. The lowest BCUT2D eigenvalue weighted by molar-refractivity contribution is -0.150. The Hall–Kier alpha value is -2.04. The summed E-state index contributed by atoms with van der Waals surface area (Å²) < 4.78 is 10.8. The maximum absolute atomic E-state index is 12.2. The number of benzene rings is 1. The number of hydrogen-bond donors (Lipinski definition) is 0. The number of amides is 1. The number of esters is 1. The molecule has 1 saturated carbocycles. The van der Waals surface area contributed by atoms with Crippen molar-refractivity contribution in [2.75, 3.05) is 18.1 Å². The van der Waals surface area contributed by atoms with Gasteiger partial charge < -0.3 is 9.47 Å². The zero-order chi connectivity index (χ0) is 15.6. The Balaban J connectivity index is 1.65. The second kappa shape index (κ2) is 5.99. The minimum absolute atomic E-state index is 0.0601. The lowest BCUT2D eigenvalue weighted by atomic mass is 9.78. The molecule has 0 aromatic heterocycles. The monoisotopic (exact) mass is 303 g/mol. The predicted molar refractivity (Wildman–Crippen MR) is 81.6 cm³/mol. The van der Waals surface area contributed by atoms with E-state index in [0.29, 0.717) is 26.0 Å². The van der Waals surface area contributed by atoms with E-state index in [4.69, 9.17) is 9.47 Å². The maximum atomic E-state index is 12.2. The Morgan fingerprint density at radius 3 is 2.64 bits per heavy atom. The van der Waals surface area contributed by atoms with Gasteiger partial charge in [-0.15, -0.1) is 0 Å². The van der Waals surface area contributed by atoms with Crippen LogP contribution in [0.4, 0.5) is 10.5 Å². The molecule has 5 heteroatoms. The quantitative estimate of drug-likeness (QED) is 0.805. The Kier molecular flexibility index (Phi) is 4.05. The smallest absolute Gasteiger partial charge is 0.415 e. The van der Waals surface area contributed by atoms with Gasteiger partial charge in [0.1, 0.15) is 5.60 Å². The van der Waals surface area contributed by atoms with E-state index >= 15 is 0 Å². The van der Waals surface area contributed by atoms with Crippen LogP contribution < -0.4 is 4.90 Å². The van der Waals surface area contributed by atoms with E-state index in [2.05, 4.69) is 0 Å². The molecule has 1 aromatic carbocycles. The molecule has 1 amide bonds. The van der Waals surface area contributed by atoms with Gasteiger partial charge in [0.15, 0.2) is 0 Å². The molecule has 1 aromatic rings. The van der Waals surface area contributed by atoms with Gasteiger partial charge in [0.2, 0.25) is 0 Å². The number of rotatable bonds is 3. The van der Waals surface area contributed by atoms with Gasteiger partial charge >= 0.3 is 12.1 Å². The van der Waals surface area contributed by atoms with Gasteiger partial charge in [0.25, 0.3) is 0 Å². The summed E-state index contributed by atoms with van der Waals surface area (Å²) in [7, 11) is 0. The SMILES string of the molecule is CCOC(=O)[C@H]1CC[C@@]2(CC1)CN(c1ccccc1)C(=O)O2. The molecule has 1 saturated heterocycles. The third kappa shape index (κ3) is 2.80. The molecule has 118 valence electrons. The zero-order valence-corrected chi connectivity index (χ0v) is 12.8. The van der Waals surface area contributed by atoms with Crippen LogP contribution >= 0.6 is 0 Å². The molecule has 1 aliphatic carbocycles. The molecule has 1 heterocycles. The number of carbonyl (C=O) groups excluding carboxylic acids is 2. The molecular formula is C17H21NO4. The molecule has 22 heavy (non-hydrogen) atoms. The van der Waals surface area contributed by atoms with Crippen LogP contribution in [0, 0.1) is 5.92 Å². The minimum atomic E-state index is -0.448.